The normalized spacial score (nSPS) is 21.2. The molecule has 0 radical (unpaired) electrons. The van der Waals surface area contributed by atoms with E-state index in [2.05, 4.69) is 4.72 Å². The molecular weight excluding hydrogens is 651 g/mol. The van der Waals surface area contributed by atoms with Crippen molar-refractivity contribution in [2.75, 3.05) is 38.1 Å². The highest BCUT2D eigenvalue weighted by Gasteiger charge is 2.33. The number of carbonyl (C=O) groups is 1. The first-order chi connectivity index (χ1) is 21.8. The Kier molecular flexibility index (Phi) is 12.2. The van der Waals surface area contributed by atoms with E-state index in [-0.39, 0.29) is 52.1 Å². The summed E-state index contributed by atoms with van der Waals surface area (Å²) < 4.78 is 69.2. The van der Waals surface area contributed by atoms with Crippen LogP contribution in [-0.4, -0.2) is 88.7 Å². The van der Waals surface area contributed by atoms with Crippen molar-refractivity contribution in [3.05, 3.63) is 71.6 Å². The number of anilines is 1. The standard InChI is InChI=1S/C32H43N3O8S3/c1-23-20-35(24(2)22-36)32(37)28-19-26(33-45(38,39)27-12-6-5-7-13-27)15-16-29(28)43-25(3)11-8-9-17-42-30(23)21-34(4)46(40,41)31-14-10-18-44-31/h5-7,10,12-16,18-19,23-25,30,33,36H,8-9,11,17,20-22H2,1-4H3/t23-,24-,25+,30-/m1/s1. The van der Waals surface area contributed by atoms with Crippen molar-refractivity contribution < 1.29 is 36.2 Å². The van der Waals surface area contributed by atoms with Crippen LogP contribution in [0.2, 0.25) is 0 Å². The predicted molar refractivity (Wildman–Crippen MR) is 178 cm³/mol. The number of hydrogen-bond acceptors (Lipinski definition) is 9. The van der Waals surface area contributed by atoms with Crippen molar-refractivity contribution in [1.29, 1.82) is 0 Å². The Morgan fingerprint density at radius 2 is 1.80 bits per heavy atom. The fourth-order valence-electron chi connectivity index (χ4n) is 5.18. The molecule has 1 aliphatic rings. The van der Waals surface area contributed by atoms with E-state index in [0.29, 0.717) is 18.8 Å². The molecule has 0 saturated carbocycles. The molecule has 2 N–H and O–H groups in total. The van der Waals surface area contributed by atoms with Crippen LogP contribution in [0.5, 0.6) is 5.75 Å². The molecule has 0 fully saturated rings. The van der Waals surface area contributed by atoms with E-state index in [1.165, 1.54) is 34.5 Å². The number of fused-ring (bicyclic) bond motifs is 1. The molecule has 3 aromatic rings. The molecule has 2 aromatic carbocycles. The summed E-state index contributed by atoms with van der Waals surface area (Å²) >= 11 is 1.14. The molecule has 0 aliphatic carbocycles. The number of thiophene rings is 1. The van der Waals surface area contributed by atoms with Gasteiger partial charge < -0.3 is 19.5 Å². The molecule has 1 aromatic heterocycles. The lowest BCUT2D eigenvalue weighted by molar-refractivity contribution is -0.00832. The first-order valence-electron chi connectivity index (χ1n) is 15.2. The zero-order valence-corrected chi connectivity index (χ0v) is 29.0. The number of hydrogen-bond donors (Lipinski definition) is 2. The molecule has 4 rings (SSSR count). The van der Waals surface area contributed by atoms with Crippen LogP contribution in [0.4, 0.5) is 5.69 Å². The van der Waals surface area contributed by atoms with E-state index in [0.717, 1.165) is 24.2 Å². The number of sulfonamides is 2. The van der Waals surface area contributed by atoms with Gasteiger partial charge in [-0.05, 0) is 74.9 Å². The Morgan fingerprint density at radius 1 is 1.07 bits per heavy atom. The molecule has 1 amide bonds. The van der Waals surface area contributed by atoms with Gasteiger partial charge in [0.05, 0.1) is 35.3 Å². The van der Waals surface area contributed by atoms with E-state index in [9.17, 15) is 26.7 Å². The van der Waals surface area contributed by atoms with Gasteiger partial charge in [0.1, 0.15) is 9.96 Å². The molecule has 14 heteroatoms. The average Bonchev–Trinajstić information content (AvgIpc) is 3.59. The number of benzene rings is 2. The summed E-state index contributed by atoms with van der Waals surface area (Å²) in [5.74, 6) is -0.508. The molecule has 1 aliphatic heterocycles. The molecule has 0 saturated heterocycles. The average molecular weight is 694 g/mol. The Balaban J connectivity index is 1.68. The summed E-state index contributed by atoms with van der Waals surface area (Å²) in [5, 5.41) is 11.9. The monoisotopic (exact) mass is 693 g/mol. The van der Waals surface area contributed by atoms with Crippen LogP contribution in [0.15, 0.2) is 75.1 Å². The minimum absolute atomic E-state index is 0.0679. The van der Waals surface area contributed by atoms with Gasteiger partial charge in [-0.3, -0.25) is 9.52 Å². The van der Waals surface area contributed by atoms with Crippen molar-refractivity contribution in [2.24, 2.45) is 5.92 Å². The van der Waals surface area contributed by atoms with Gasteiger partial charge in [-0.15, -0.1) is 11.3 Å². The minimum Gasteiger partial charge on any atom is -0.490 e. The van der Waals surface area contributed by atoms with Gasteiger partial charge in [0, 0.05) is 38.3 Å². The second-order valence-corrected chi connectivity index (χ2v) is 16.5. The summed E-state index contributed by atoms with van der Waals surface area (Å²) in [5.41, 5.74) is 0.319. The number of aliphatic hydroxyl groups is 1. The number of ether oxygens (including phenoxy) is 2. The first kappa shape index (κ1) is 35.8. The van der Waals surface area contributed by atoms with Crippen molar-refractivity contribution in [1.82, 2.24) is 9.21 Å². The zero-order chi connectivity index (χ0) is 33.5. The summed E-state index contributed by atoms with van der Waals surface area (Å²) in [7, 11) is -6.15. The Hall–Kier alpha value is -3.01. The summed E-state index contributed by atoms with van der Waals surface area (Å²) in [6, 6.07) is 15.1. The molecule has 0 spiro atoms. The molecule has 0 bridgehead atoms. The highest BCUT2D eigenvalue weighted by atomic mass is 32.2. The zero-order valence-electron chi connectivity index (χ0n) is 26.5. The largest absolute Gasteiger partial charge is 0.490 e. The third-order valence-electron chi connectivity index (χ3n) is 7.95. The third-order valence-corrected chi connectivity index (χ3v) is 12.5. The molecule has 0 unspecified atom stereocenters. The van der Waals surface area contributed by atoms with Crippen molar-refractivity contribution in [3.8, 4) is 5.75 Å². The molecule has 11 nitrogen and oxygen atoms in total. The molecule has 46 heavy (non-hydrogen) atoms. The van der Waals surface area contributed by atoms with Gasteiger partial charge in [0.2, 0.25) is 0 Å². The number of aliphatic hydroxyl groups excluding tert-OH is 1. The predicted octanol–water partition coefficient (Wildman–Crippen LogP) is 4.67. The maximum absolute atomic E-state index is 14.3. The van der Waals surface area contributed by atoms with Crippen LogP contribution in [0.3, 0.4) is 0 Å². The fraction of sp³-hybridized carbons (Fsp3) is 0.469. The van der Waals surface area contributed by atoms with Crippen LogP contribution < -0.4 is 9.46 Å². The smallest absolute Gasteiger partial charge is 0.261 e. The van der Waals surface area contributed by atoms with Crippen molar-refractivity contribution in [3.63, 3.8) is 0 Å². The summed E-state index contributed by atoms with van der Waals surface area (Å²) in [6.45, 7) is 5.77. The number of rotatable bonds is 9. The molecular formula is C32H43N3O8S3. The van der Waals surface area contributed by atoms with Gasteiger partial charge in [-0.25, -0.2) is 16.8 Å². The van der Waals surface area contributed by atoms with E-state index in [1.807, 2.05) is 13.8 Å². The fourth-order valence-corrected chi connectivity index (χ4v) is 8.63. The quantitative estimate of drug-likeness (QED) is 0.330. The lowest BCUT2D eigenvalue weighted by Gasteiger charge is -2.35. The first-order valence-corrected chi connectivity index (χ1v) is 19.1. The Bertz CT molecular complexity index is 1650. The van der Waals surface area contributed by atoms with Crippen LogP contribution >= 0.6 is 11.3 Å². The van der Waals surface area contributed by atoms with Crippen LogP contribution in [0, 0.1) is 5.92 Å². The van der Waals surface area contributed by atoms with Crippen LogP contribution in [-0.2, 0) is 24.8 Å². The molecule has 252 valence electrons. The maximum atomic E-state index is 14.3. The number of nitrogens with zero attached hydrogens (tertiary/aromatic N) is 2. The van der Waals surface area contributed by atoms with E-state index in [1.54, 1.807) is 54.8 Å². The van der Waals surface area contributed by atoms with Crippen molar-refractivity contribution in [2.45, 2.75) is 67.4 Å². The lowest BCUT2D eigenvalue weighted by atomic mass is 10.0. The summed E-state index contributed by atoms with van der Waals surface area (Å²) in [6.07, 6.45) is 1.35. The second-order valence-electron chi connectivity index (χ2n) is 11.6. The van der Waals surface area contributed by atoms with Gasteiger partial charge in [-0.2, -0.15) is 4.31 Å². The Labute approximate surface area is 276 Å². The van der Waals surface area contributed by atoms with Gasteiger partial charge in [0.15, 0.2) is 0 Å². The van der Waals surface area contributed by atoms with Gasteiger partial charge >= 0.3 is 0 Å². The highest BCUT2D eigenvalue weighted by Crippen LogP contribution is 2.30. The number of amides is 1. The van der Waals surface area contributed by atoms with Crippen LogP contribution in [0.1, 0.15) is 50.4 Å². The number of carbonyl (C=O) groups excluding carboxylic acids is 1. The highest BCUT2D eigenvalue weighted by molar-refractivity contribution is 7.92. The minimum atomic E-state index is -3.93. The van der Waals surface area contributed by atoms with Gasteiger partial charge in [0.25, 0.3) is 26.0 Å². The number of likely N-dealkylation sites (N-methyl/N-ethyl adjacent to an activating group) is 1. The third kappa shape index (κ3) is 8.87. The van der Waals surface area contributed by atoms with Crippen LogP contribution in [0.25, 0.3) is 0 Å². The summed E-state index contributed by atoms with van der Waals surface area (Å²) in [4.78, 5) is 15.9. The maximum Gasteiger partial charge on any atom is 0.261 e. The lowest BCUT2D eigenvalue weighted by Crippen LogP contribution is -2.48. The van der Waals surface area contributed by atoms with Crippen molar-refractivity contribution >= 4 is 43.0 Å². The topological polar surface area (TPSA) is 143 Å². The Morgan fingerprint density at radius 3 is 2.48 bits per heavy atom. The van der Waals surface area contributed by atoms with E-state index >= 15 is 0 Å². The molecule has 2 heterocycles. The van der Waals surface area contributed by atoms with Gasteiger partial charge in [-0.1, -0.05) is 31.2 Å². The molecule has 4 atom stereocenters. The van der Waals surface area contributed by atoms with E-state index < -0.39 is 38.1 Å². The number of nitrogens with one attached hydrogen (secondary N) is 1. The SMILES string of the molecule is C[C@@H]1CN([C@H](C)CO)C(=O)c2cc(NS(=O)(=O)c3ccccc3)ccc2O[C@@H](C)CCCCO[C@@H]1CN(C)S(=O)(=O)c1cccs1. The van der Waals surface area contributed by atoms with E-state index in [4.69, 9.17) is 9.47 Å². The second kappa shape index (κ2) is 15.7.